The molecule has 0 saturated carbocycles. The van der Waals surface area contributed by atoms with Crippen LogP contribution in [-0.4, -0.2) is 19.1 Å². The zero-order valence-electron chi connectivity index (χ0n) is 13.6. The fourth-order valence-corrected chi connectivity index (χ4v) is 1.90. The summed E-state index contributed by atoms with van der Waals surface area (Å²) < 4.78 is 10.9. The van der Waals surface area contributed by atoms with Crippen molar-refractivity contribution in [3.8, 4) is 17.2 Å². The van der Waals surface area contributed by atoms with Gasteiger partial charge in [-0.15, -0.1) is 0 Å². The van der Waals surface area contributed by atoms with Crippen molar-refractivity contribution < 1.29 is 14.3 Å². The van der Waals surface area contributed by atoms with Crippen LogP contribution in [0.1, 0.15) is 13.8 Å². The van der Waals surface area contributed by atoms with Gasteiger partial charge >= 0.3 is 0 Å². The Balaban J connectivity index is 2.00. The molecule has 0 fully saturated rings. The number of nitrogens with two attached hydrogens (primary N) is 1. The van der Waals surface area contributed by atoms with Gasteiger partial charge in [0.15, 0.2) is 0 Å². The highest BCUT2D eigenvalue weighted by molar-refractivity contribution is 5.92. The number of ether oxygens (including phenoxy) is 2. The average Bonchev–Trinajstić information content (AvgIpc) is 2.56. The molecule has 0 heterocycles. The van der Waals surface area contributed by atoms with Gasteiger partial charge in [-0.1, -0.05) is 13.0 Å². The first-order valence-electron chi connectivity index (χ1n) is 7.48. The molecule has 0 saturated heterocycles. The molecule has 5 heteroatoms. The van der Waals surface area contributed by atoms with Crippen molar-refractivity contribution in [2.24, 2.45) is 11.7 Å². The van der Waals surface area contributed by atoms with Gasteiger partial charge in [-0.3, -0.25) is 4.79 Å². The number of hydrogen-bond donors (Lipinski definition) is 2. The summed E-state index contributed by atoms with van der Waals surface area (Å²) in [5.74, 6) is 1.75. The van der Waals surface area contributed by atoms with Crippen LogP contribution in [0.4, 0.5) is 5.69 Å². The topological polar surface area (TPSA) is 73.6 Å². The summed E-state index contributed by atoms with van der Waals surface area (Å²) >= 11 is 0. The molecule has 0 aliphatic heterocycles. The predicted molar refractivity (Wildman–Crippen MR) is 91.0 cm³/mol. The number of nitrogens with one attached hydrogen (secondary N) is 1. The van der Waals surface area contributed by atoms with Gasteiger partial charge < -0.3 is 20.5 Å². The molecule has 23 heavy (non-hydrogen) atoms. The summed E-state index contributed by atoms with van der Waals surface area (Å²) in [6.45, 7) is 3.62. The van der Waals surface area contributed by atoms with Crippen molar-refractivity contribution in [3.05, 3.63) is 48.5 Å². The van der Waals surface area contributed by atoms with Gasteiger partial charge in [0.05, 0.1) is 13.0 Å². The SMILES string of the molecule is COc1cccc(Oc2ccc(NC(=O)C(C)C(C)N)cc2)c1. The van der Waals surface area contributed by atoms with Crippen LogP contribution in [0.3, 0.4) is 0 Å². The highest BCUT2D eigenvalue weighted by Gasteiger charge is 2.16. The number of benzene rings is 2. The monoisotopic (exact) mass is 314 g/mol. The van der Waals surface area contributed by atoms with Crippen LogP contribution in [0, 0.1) is 5.92 Å². The zero-order chi connectivity index (χ0) is 16.8. The second kappa shape index (κ2) is 7.65. The molecule has 0 aliphatic rings. The van der Waals surface area contributed by atoms with Gasteiger partial charge in [-0.2, -0.15) is 0 Å². The van der Waals surface area contributed by atoms with Crippen LogP contribution in [0.25, 0.3) is 0 Å². The minimum absolute atomic E-state index is 0.0959. The van der Waals surface area contributed by atoms with Crippen LogP contribution in [0.2, 0.25) is 0 Å². The smallest absolute Gasteiger partial charge is 0.228 e. The van der Waals surface area contributed by atoms with Gasteiger partial charge in [0, 0.05) is 17.8 Å². The first kappa shape index (κ1) is 16.8. The van der Waals surface area contributed by atoms with Gasteiger partial charge in [0.25, 0.3) is 0 Å². The second-order valence-electron chi connectivity index (χ2n) is 5.44. The molecule has 1 amide bonds. The predicted octanol–water partition coefficient (Wildman–Crippen LogP) is 3.41. The van der Waals surface area contributed by atoms with E-state index in [9.17, 15) is 4.79 Å². The summed E-state index contributed by atoms with van der Waals surface area (Å²) in [5, 5.41) is 2.84. The van der Waals surface area contributed by atoms with E-state index in [1.54, 1.807) is 44.4 Å². The number of rotatable bonds is 6. The van der Waals surface area contributed by atoms with E-state index >= 15 is 0 Å². The molecular weight excluding hydrogens is 292 g/mol. The Bertz CT molecular complexity index is 654. The average molecular weight is 314 g/mol. The largest absolute Gasteiger partial charge is 0.497 e. The van der Waals surface area contributed by atoms with E-state index in [4.69, 9.17) is 15.2 Å². The zero-order valence-corrected chi connectivity index (χ0v) is 13.6. The standard InChI is InChI=1S/C18H22N2O3/c1-12(13(2)19)18(21)20-14-7-9-15(10-8-14)23-17-6-4-5-16(11-17)22-3/h4-13H,19H2,1-3H3,(H,20,21). The van der Waals surface area contributed by atoms with E-state index < -0.39 is 0 Å². The number of hydrogen-bond acceptors (Lipinski definition) is 4. The van der Waals surface area contributed by atoms with E-state index in [0.29, 0.717) is 17.2 Å². The van der Waals surface area contributed by atoms with Crippen LogP contribution in [-0.2, 0) is 4.79 Å². The minimum Gasteiger partial charge on any atom is -0.497 e. The highest BCUT2D eigenvalue weighted by atomic mass is 16.5. The molecule has 0 bridgehead atoms. The number of carbonyl (C=O) groups excluding carboxylic acids is 1. The molecule has 3 N–H and O–H groups in total. The molecule has 5 nitrogen and oxygen atoms in total. The van der Waals surface area contributed by atoms with Crippen molar-refractivity contribution in [1.82, 2.24) is 0 Å². The minimum atomic E-state index is -0.247. The summed E-state index contributed by atoms with van der Waals surface area (Å²) in [6, 6.07) is 14.4. The number of methoxy groups -OCH3 is 1. The Labute approximate surface area is 136 Å². The lowest BCUT2D eigenvalue weighted by Crippen LogP contribution is -2.34. The van der Waals surface area contributed by atoms with E-state index in [2.05, 4.69) is 5.32 Å². The van der Waals surface area contributed by atoms with Crippen molar-refractivity contribution in [3.63, 3.8) is 0 Å². The van der Waals surface area contributed by atoms with E-state index in [1.807, 2.05) is 25.1 Å². The Morgan fingerprint density at radius 3 is 2.30 bits per heavy atom. The number of anilines is 1. The van der Waals surface area contributed by atoms with E-state index in [1.165, 1.54) is 0 Å². The van der Waals surface area contributed by atoms with Gasteiger partial charge in [-0.25, -0.2) is 0 Å². The maximum atomic E-state index is 12.0. The molecule has 2 atom stereocenters. The summed E-state index contributed by atoms with van der Waals surface area (Å²) in [4.78, 5) is 12.0. The number of amides is 1. The van der Waals surface area contributed by atoms with Crippen molar-refractivity contribution in [2.75, 3.05) is 12.4 Å². The molecule has 0 radical (unpaired) electrons. The van der Waals surface area contributed by atoms with Crippen LogP contribution >= 0.6 is 0 Å². The molecule has 0 aromatic heterocycles. The van der Waals surface area contributed by atoms with Crippen molar-refractivity contribution >= 4 is 11.6 Å². The summed E-state index contributed by atoms with van der Waals surface area (Å²) in [6.07, 6.45) is 0. The lowest BCUT2D eigenvalue weighted by atomic mass is 10.0. The number of carbonyl (C=O) groups is 1. The molecule has 0 aliphatic carbocycles. The third-order valence-electron chi connectivity index (χ3n) is 3.60. The lowest BCUT2D eigenvalue weighted by molar-refractivity contribution is -0.119. The summed E-state index contributed by atoms with van der Waals surface area (Å²) in [5.41, 5.74) is 6.44. The normalized spacial score (nSPS) is 13.0. The van der Waals surface area contributed by atoms with E-state index in [0.717, 1.165) is 5.75 Å². The molecule has 2 aromatic carbocycles. The van der Waals surface area contributed by atoms with Gasteiger partial charge in [0.1, 0.15) is 17.2 Å². The maximum Gasteiger partial charge on any atom is 0.228 e. The third kappa shape index (κ3) is 4.72. The molecule has 0 spiro atoms. The summed E-state index contributed by atoms with van der Waals surface area (Å²) in [7, 11) is 1.61. The van der Waals surface area contributed by atoms with Crippen molar-refractivity contribution in [2.45, 2.75) is 19.9 Å². The third-order valence-corrected chi connectivity index (χ3v) is 3.60. The van der Waals surface area contributed by atoms with Crippen LogP contribution in [0.15, 0.2) is 48.5 Å². The Hall–Kier alpha value is -2.53. The second-order valence-corrected chi connectivity index (χ2v) is 5.44. The van der Waals surface area contributed by atoms with Crippen LogP contribution in [0.5, 0.6) is 17.2 Å². The van der Waals surface area contributed by atoms with Gasteiger partial charge in [0.2, 0.25) is 5.91 Å². The Morgan fingerprint density at radius 2 is 1.70 bits per heavy atom. The first-order chi connectivity index (χ1) is 11.0. The van der Waals surface area contributed by atoms with Gasteiger partial charge in [-0.05, 0) is 43.3 Å². The highest BCUT2D eigenvalue weighted by Crippen LogP contribution is 2.26. The first-order valence-corrected chi connectivity index (χ1v) is 7.48. The fourth-order valence-electron chi connectivity index (χ4n) is 1.90. The molecular formula is C18H22N2O3. The molecule has 2 unspecified atom stereocenters. The molecule has 2 aromatic rings. The quantitative estimate of drug-likeness (QED) is 0.857. The lowest BCUT2D eigenvalue weighted by Gasteiger charge is -2.15. The van der Waals surface area contributed by atoms with Crippen molar-refractivity contribution in [1.29, 1.82) is 0 Å². The Kier molecular flexibility index (Phi) is 5.60. The Morgan fingerprint density at radius 1 is 1.04 bits per heavy atom. The van der Waals surface area contributed by atoms with Crippen LogP contribution < -0.4 is 20.5 Å². The molecule has 122 valence electrons. The van der Waals surface area contributed by atoms with E-state index in [-0.39, 0.29) is 17.9 Å². The fraction of sp³-hybridized carbons (Fsp3) is 0.278. The maximum absolute atomic E-state index is 12.0. The molecule has 2 rings (SSSR count).